The first-order valence-electron chi connectivity index (χ1n) is 4.87. The van der Waals surface area contributed by atoms with E-state index in [-0.39, 0.29) is 5.43 Å². The molecule has 1 aromatic carbocycles. The summed E-state index contributed by atoms with van der Waals surface area (Å²) < 4.78 is 1.10. The minimum absolute atomic E-state index is 0.00203. The van der Waals surface area contributed by atoms with Crippen LogP contribution in [-0.2, 0) is 0 Å². The molecule has 16 heavy (non-hydrogen) atoms. The van der Waals surface area contributed by atoms with Gasteiger partial charge in [-0.05, 0) is 12.1 Å². The molecule has 0 aliphatic carbocycles. The number of para-hydroxylation sites is 1. The number of thiazole rings is 1. The maximum Gasteiger partial charge on any atom is 0.191 e. The summed E-state index contributed by atoms with van der Waals surface area (Å²) in [6, 6.07) is 9.39. The van der Waals surface area contributed by atoms with Gasteiger partial charge < -0.3 is 4.98 Å². The number of H-pyrrole nitrogens is 1. The number of fused-ring (bicyclic) bond motifs is 1. The van der Waals surface area contributed by atoms with Crippen molar-refractivity contribution < 1.29 is 0 Å². The average molecular weight is 228 g/mol. The van der Waals surface area contributed by atoms with Crippen molar-refractivity contribution in [2.24, 2.45) is 0 Å². The Morgan fingerprint density at radius 3 is 2.88 bits per heavy atom. The minimum atomic E-state index is -0.00203. The van der Waals surface area contributed by atoms with Gasteiger partial charge in [-0.25, -0.2) is 4.98 Å². The van der Waals surface area contributed by atoms with Crippen molar-refractivity contribution in [1.82, 2.24) is 9.97 Å². The number of aromatic amines is 1. The number of rotatable bonds is 1. The molecule has 1 N–H and O–H groups in total. The maximum absolute atomic E-state index is 11.6. The van der Waals surface area contributed by atoms with E-state index in [1.165, 1.54) is 17.4 Å². The molecule has 3 rings (SSSR count). The lowest BCUT2D eigenvalue weighted by molar-refractivity contribution is 1.30. The van der Waals surface area contributed by atoms with E-state index in [0.717, 1.165) is 15.2 Å². The fraction of sp³-hybridized carbons (Fsp3) is 0. The van der Waals surface area contributed by atoms with Gasteiger partial charge in [0, 0.05) is 18.5 Å². The first kappa shape index (κ1) is 9.30. The molecule has 0 saturated carbocycles. The maximum atomic E-state index is 11.6. The van der Waals surface area contributed by atoms with Gasteiger partial charge in [0.25, 0.3) is 0 Å². The van der Waals surface area contributed by atoms with E-state index in [2.05, 4.69) is 9.97 Å². The molecule has 0 amide bonds. The Hall–Kier alpha value is -1.94. The van der Waals surface area contributed by atoms with Crippen LogP contribution in [0, 0.1) is 0 Å². The molecule has 0 bridgehead atoms. The first-order chi connectivity index (χ1) is 7.84. The van der Waals surface area contributed by atoms with E-state index in [9.17, 15) is 4.79 Å². The van der Waals surface area contributed by atoms with E-state index in [1.807, 2.05) is 24.3 Å². The summed E-state index contributed by atoms with van der Waals surface area (Å²) in [6.07, 6.45) is 3.32. The first-order valence-corrected chi connectivity index (χ1v) is 5.69. The molecule has 78 valence electrons. The highest BCUT2D eigenvalue weighted by Crippen LogP contribution is 2.27. The lowest BCUT2D eigenvalue weighted by Gasteiger charge is -1.91. The van der Waals surface area contributed by atoms with Crippen LogP contribution in [0.2, 0.25) is 0 Å². The zero-order valence-corrected chi connectivity index (χ0v) is 9.12. The van der Waals surface area contributed by atoms with E-state index < -0.39 is 0 Å². The van der Waals surface area contributed by atoms with E-state index >= 15 is 0 Å². The molecule has 3 nitrogen and oxygen atoms in total. The number of benzene rings is 1. The molecule has 3 aromatic rings. The summed E-state index contributed by atoms with van der Waals surface area (Å²) >= 11 is 1.53. The summed E-state index contributed by atoms with van der Waals surface area (Å²) in [5, 5.41) is 0.767. The van der Waals surface area contributed by atoms with E-state index in [4.69, 9.17) is 0 Å². The van der Waals surface area contributed by atoms with Gasteiger partial charge in [-0.3, -0.25) is 4.79 Å². The third kappa shape index (κ3) is 1.44. The molecule has 2 heterocycles. The topological polar surface area (TPSA) is 45.8 Å². The molecular formula is C12H8N2OS. The van der Waals surface area contributed by atoms with Gasteiger partial charge in [0.2, 0.25) is 0 Å². The molecule has 0 aliphatic rings. The lowest BCUT2D eigenvalue weighted by atomic mass is 10.3. The number of hydrogen-bond acceptors (Lipinski definition) is 3. The van der Waals surface area contributed by atoms with Gasteiger partial charge in [0.1, 0.15) is 5.01 Å². The van der Waals surface area contributed by atoms with Crippen LogP contribution in [0.3, 0.4) is 0 Å². The van der Waals surface area contributed by atoms with Crippen molar-refractivity contribution in [3.05, 3.63) is 52.9 Å². The third-order valence-electron chi connectivity index (χ3n) is 2.35. The molecule has 0 radical (unpaired) electrons. The second kappa shape index (κ2) is 3.57. The van der Waals surface area contributed by atoms with Crippen molar-refractivity contribution in [2.75, 3.05) is 0 Å². The highest BCUT2D eigenvalue weighted by molar-refractivity contribution is 7.21. The molecule has 0 aliphatic heterocycles. The predicted molar refractivity (Wildman–Crippen MR) is 65.7 cm³/mol. The predicted octanol–water partition coefficient (Wildman–Crippen LogP) is 2.65. The molecule has 0 fully saturated rings. The summed E-state index contributed by atoms with van der Waals surface area (Å²) in [4.78, 5) is 19.0. The normalized spacial score (nSPS) is 10.8. The molecule has 4 heteroatoms. The Morgan fingerprint density at radius 2 is 2.06 bits per heavy atom. The van der Waals surface area contributed by atoms with Crippen molar-refractivity contribution in [3.63, 3.8) is 0 Å². The fourth-order valence-corrected chi connectivity index (χ4v) is 2.56. The third-order valence-corrected chi connectivity index (χ3v) is 3.42. The Balaban J connectivity index is 2.27. The van der Waals surface area contributed by atoms with Crippen LogP contribution < -0.4 is 5.43 Å². The van der Waals surface area contributed by atoms with Gasteiger partial charge in [0.05, 0.1) is 15.8 Å². The van der Waals surface area contributed by atoms with Crippen LogP contribution in [0.4, 0.5) is 0 Å². The van der Waals surface area contributed by atoms with E-state index in [0.29, 0.717) is 5.56 Å². The quantitative estimate of drug-likeness (QED) is 0.696. The number of aromatic nitrogens is 2. The Labute approximate surface area is 95.4 Å². The number of nitrogens with zero attached hydrogens (tertiary/aromatic N) is 1. The zero-order valence-electron chi connectivity index (χ0n) is 8.31. The van der Waals surface area contributed by atoms with Crippen LogP contribution in [0.25, 0.3) is 20.8 Å². The highest BCUT2D eigenvalue weighted by Gasteiger charge is 2.08. The number of nitrogens with one attached hydrogen (secondary N) is 1. The van der Waals surface area contributed by atoms with Crippen molar-refractivity contribution >= 4 is 21.6 Å². The molecular weight excluding hydrogens is 220 g/mol. The average Bonchev–Trinajstić information content (AvgIpc) is 2.73. The second-order valence-corrected chi connectivity index (χ2v) is 4.44. The van der Waals surface area contributed by atoms with Crippen LogP contribution in [0.1, 0.15) is 0 Å². The van der Waals surface area contributed by atoms with Gasteiger partial charge in [-0.15, -0.1) is 11.3 Å². The Morgan fingerprint density at radius 1 is 1.19 bits per heavy atom. The highest BCUT2D eigenvalue weighted by atomic mass is 32.1. The fourth-order valence-electron chi connectivity index (χ4n) is 1.57. The molecule has 0 saturated heterocycles. The van der Waals surface area contributed by atoms with Gasteiger partial charge in [-0.2, -0.15) is 0 Å². The smallest absolute Gasteiger partial charge is 0.191 e. The molecule has 2 aromatic heterocycles. The van der Waals surface area contributed by atoms with Gasteiger partial charge >= 0.3 is 0 Å². The molecule has 0 unspecified atom stereocenters. The zero-order chi connectivity index (χ0) is 11.0. The summed E-state index contributed by atoms with van der Waals surface area (Å²) in [7, 11) is 0. The van der Waals surface area contributed by atoms with Crippen molar-refractivity contribution in [2.45, 2.75) is 0 Å². The number of hydrogen-bond donors (Lipinski definition) is 1. The second-order valence-electron chi connectivity index (χ2n) is 3.41. The molecule has 0 spiro atoms. The van der Waals surface area contributed by atoms with Gasteiger partial charge in [-0.1, -0.05) is 12.1 Å². The van der Waals surface area contributed by atoms with Crippen LogP contribution in [-0.4, -0.2) is 9.97 Å². The lowest BCUT2D eigenvalue weighted by Crippen LogP contribution is -2.01. The monoisotopic (exact) mass is 228 g/mol. The van der Waals surface area contributed by atoms with Gasteiger partial charge in [0.15, 0.2) is 5.43 Å². The SMILES string of the molecule is O=c1cc[nH]cc1-c1nc2ccccc2s1. The van der Waals surface area contributed by atoms with Crippen molar-refractivity contribution in [3.8, 4) is 10.6 Å². The summed E-state index contributed by atoms with van der Waals surface area (Å²) in [5.74, 6) is 0. The minimum Gasteiger partial charge on any atom is -0.367 e. The van der Waals surface area contributed by atoms with E-state index in [1.54, 1.807) is 12.4 Å². The summed E-state index contributed by atoms with van der Waals surface area (Å²) in [6.45, 7) is 0. The largest absolute Gasteiger partial charge is 0.367 e. The Bertz CT molecular complexity index is 666. The number of pyridine rings is 1. The van der Waals surface area contributed by atoms with Crippen LogP contribution in [0.15, 0.2) is 47.5 Å². The molecule has 0 atom stereocenters. The Kier molecular flexibility index (Phi) is 2.08. The van der Waals surface area contributed by atoms with Crippen LogP contribution in [0.5, 0.6) is 0 Å². The van der Waals surface area contributed by atoms with Crippen LogP contribution >= 0.6 is 11.3 Å². The van der Waals surface area contributed by atoms with Crippen molar-refractivity contribution in [1.29, 1.82) is 0 Å². The summed E-state index contributed by atoms with van der Waals surface area (Å²) in [5.41, 5.74) is 1.56. The standard InChI is InChI=1S/C12H8N2OS/c15-10-5-6-13-7-8(10)12-14-9-3-1-2-4-11(9)16-12/h1-7H,(H,13,15).